The van der Waals surface area contributed by atoms with E-state index in [1.165, 1.54) is 25.7 Å². The maximum atomic E-state index is 12.6. The minimum Gasteiger partial charge on any atom is -0.333 e. The average molecular weight is 264 g/mol. The Hall–Kier alpha value is -0.870. The highest BCUT2D eigenvalue weighted by Gasteiger charge is 2.35. The quantitative estimate of drug-likeness (QED) is 0.906. The van der Waals surface area contributed by atoms with Gasteiger partial charge in [-0.15, -0.1) is 11.3 Å². The standard InChI is InChI=1S/C14H20N2OS/c1-10-6-8-18-13(10)14(17)16(12-4-5-12)9-11-3-2-7-15-11/h6,8,11-12,15H,2-5,7,9H2,1H3. The van der Waals surface area contributed by atoms with Crippen molar-refractivity contribution in [2.75, 3.05) is 13.1 Å². The van der Waals surface area contributed by atoms with Crippen LogP contribution in [0.5, 0.6) is 0 Å². The fraction of sp³-hybridized carbons (Fsp3) is 0.643. The molecule has 0 bridgehead atoms. The monoisotopic (exact) mass is 264 g/mol. The van der Waals surface area contributed by atoms with Gasteiger partial charge < -0.3 is 10.2 Å². The third-order valence-corrected chi connectivity index (χ3v) is 4.89. The summed E-state index contributed by atoms with van der Waals surface area (Å²) in [6, 6.07) is 3.05. The molecule has 3 nitrogen and oxygen atoms in total. The summed E-state index contributed by atoms with van der Waals surface area (Å²) in [6.45, 7) is 4.03. The Balaban J connectivity index is 1.73. The summed E-state index contributed by atoms with van der Waals surface area (Å²) in [5.74, 6) is 0.249. The summed E-state index contributed by atoms with van der Waals surface area (Å²) >= 11 is 1.58. The van der Waals surface area contributed by atoms with Crippen molar-refractivity contribution < 1.29 is 4.79 Å². The molecule has 2 heterocycles. The second-order valence-corrected chi connectivity index (χ2v) is 6.33. The van der Waals surface area contributed by atoms with Gasteiger partial charge in [0.1, 0.15) is 0 Å². The molecule has 0 radical (unpaired) electrons. The van der Waals surface area contributed by atoms with Crippen molar-refractivity contribution in [3.8, 4) is 0 Å². The van der Waals surface area contributed by atoms with Gasteiger partial charge in [0.05, 0.1) is 4.88 Å². The summed E-state index contributed by atoms with van der Waals surface area (Å²) in [5, 5.41) is 5.51. The van der Waals surface area contributed by atoms with Crippen molar-refractivity contribution in [3.05, 3.63) is 21.9 Å². The van der Waals surface area contributed by atoms with E-state index in [1.54, 1.807) is 11.3 Å². The molecule has 1 unspecified atom stereocenters. The number of carbonyl (C=O) groups is 1. The van der Waals surface area contributed by atoms with Crippen molar-refractivity contribution >= 4 is 17.2 Å². The Morgan fingerprint density at radius 1 is 1.50 bits per heavy atom. The van der Waals surface area contributed by atoms with E-state index in [9.17, 15) is 4.79 Å². The molecule has 4 heteroatoms. The highest BCUT2D eigenvalue weighted by atomic mass is 32.1. The maximum absolute atomic E-state index is 12.6. The lowest BCUT2D eigenvalue weighted by atomic mass is 10.2. The van der Waals surface area contributed by atoms with Crippen molar-refractivity contribution in [3.63, 3.8) is 0 Å². The number of nitrogens with zero attached hydrogens (tertiary/aromatic N) is 1. The van der Waals surface area contributed by atoms with Crippen LogP contribution in [0, 0.1) is 6.92 Å². The van der Waals surface area contributed by atoms with Crippen LogP contribution in [0.4, 0.5) is 0 Å². The van der Waals surface area contributed by atoms with Gasteiger partial charge in [-0.1, -0.05) is 0 Å². The van der Waals surface area contributed by atoms with Gasteiger partial charge in [-0.05, 0) is 56.2 Å². The number of amides is 1. The SMILES string of the molecule is Cc1ccsc1C(=O)N(CC1CCCN1)C1CC1. The molecule has 1 aliphatic carbocycles. The Morgan fingerprint density at radius 3 is 2.89 bits per heavy atom. The second-order valence-electron chi connectivity index (χ2n) is 5.41. The van der Waals surface area contributed by atoms with Gasteiger partial charge in [-0.3, -0.25) is 4.79 Å². The third kappa shape index (κ3) is 2.45. The minimum absolute atomic E-state index is 0.249. The van der Waals surface area contributed by atoms with Crippen molar-refractivity contribution in [2.45, 2.75) is 44.7 Å². The first-order valence-corrected chi connectivity index (χ1v) is 7.72. The number of thiophene rings is 1. The smallest absolute Gasteiger partial charge is 0.264 e. The minimum atomic E-state index is 0.249. The molecule has 1 amide bonds. The van der Waals surface area contributed by atoms with Gasteiger partial charge in [-0.25, -0.2) is 0 Å². The van der Waals surface area contributed by atoms with Gasteiger partial charge in [0.2, 0.25) is 0 Å². The van der Waals surface area contributed by atoms with Gasteiger partial charge >= 0.3 is 0 Å². The molecule has 3 rings (SSSR count). The number of hydrogen-bond donors (Lipinski definition) is 1. The van der Waals surface area contributed by atoms with E-state index in [2.05, 4.69) is 10.2 Å². The molecule has 1 aromatic heterocycles. The normalized spacial score (nSPS) is 23.3. The lowest BCUT2D eigenvalue weighted by molar-refractivity contribution is 0.0733. The van der Waals surface area contributed by atoms with Gasteiger partial charge in [0.25, 0.3) is 5.91 Å². The number of aryl methyl sites for hydroxylation is 1. The molecule has 18 heavy (non-hydrogen) atoms. The van der Waals surface area contributed by atoms with E-state index in [0.717, 1.165) is 23.5 Å². The molecule has 1 aromatic rings. The molecular weight excluding hydrogens is 244 g/mol. The van der Waals surface area contributed by atoms with Gasteiger partial charge in [0, 0.05) is 18.6 Å². The zero-order valence-corrected chi connectivity index (χ0v) is 11.6. The van der Waals surface area contributed by atoms with Crippen LogP contribution in [-0.2, 0) is 0 Å². The van der Waals surface area contributed by atoms with Crippen LogP contribution in [0.3, 0.4) is 0 Å². The first kappa shape index (κ1) is 12.2. The fourth-order valence-corrected chi connectivity index (χ4v) is 3.54. The number of carbonyl (C=O) groups excluding carboxylic acids is 1. The Bertz CT molecular complexity index is 433. The summed E-state index contributed by atoms with van der Waals surface area (Å²) in [7, 11) is 0. The zero-order valence-electron chi connectivity index (χ0n) is 10.8. The highest BCUT2D eigenvalue weighted by Crippen LogP contribution is 2.30. The van der Waals surface area contributed by atoms with Crippen LogP contribution in [0.25, 0.3) is 0 Å². The van der Waals surface area contributed by atoms with E-state index >= 15 is 0 Å². The van der Waals surface area contributed by atoms with Crippen molar-refractivity contribution in [2.24, 2.45) is 0 Å². The molecule has 1 atom stereocenters. The van der Waals surface area contributed by atoms with E-state index in [1.807, 2.05) is 18.4 Å². The molecule has 1 aliphatic heterocycles. The zero-order chi connectivity index (χ0) is 12.5. The third-order valence-electron chi connectivity index (χ3n) is 3.88. The lowest BCUT2D eigenvalue weighted by Crippen LogP contribution is -2.42. The Labute approximate surface area is 112 Å². The highest BCUT2D eigenvalue weighted by molar-refractivity contribution is 7.12. The largest absolute Gasteiger partial charge is 0.333 e. The summed E-state index contributed by atoms with van der Waals surface area (Å²) in [6.07, 6.45) is 4.82. The van der Waals surface area contributed by atoms with Gasteiger partial charge in [0.15, 0.2) is 0 Å². The number of nitrogens with one attached hydrogen (secondary N) is 1. The molecule has 0 aromatic carbocycles. The molecule has 0 spiro atoms. The molecule has 1 N–H and O–H groups in total. The number of rotatable bonds is 4. The van der Waals surface area contributed by atoms with Crippen molar-refractivity contribution in [1.29, 1.82) is 0 Å². The van der Waals surface area contributed by atoms with Gasteiger partial charge in [-0.2, -0.15) is 0 Å². The Morgan fingerprint density at radius 2 is 2.33 bits per heavy atom. The van der Waals surface area contributed by atoms with E-state index in [4.69, 9.17) is 0 Å². The topological polar surface area (TPSA) is 32.3 Å². The first-order chi connectivity index (χ1) is 8.75. The fourth-order valence-electron chi connectivity index (χ4n) is 2.66. The molecule has 1 saturated carbocycles. The molecule has 2 fully saturated rings. The molecule has 1 saturated heterocycles. The van der Waals surface area contributed by atoms with E-state index < -0.39 is 0 Å². The molecule has 2 aliphatic rings. The molecule has 98 valence electrons. The first-order valence-electron chi connectivity index (χ1n) is 6.84. The predicted molar refractivity (Wildman–Crippen MR) is 74.1 cm³/mol. The summed E-state index contributed by atoms with van der Waals surface area (Å²) in [5.41, 5.74) is 1.12. The Kier molecular flexibility index (Phi) is 3.39. The summed E-state index contributed by atoms with van der Waals surface area (Å²) in [4.78, 5) is 15.6. The van der Waals surface area contributed by atoms with Crippen LogP contribution >= 0.6 is 11.3 Å². The van der Waals surface area contributed by atoms with E-state index in [-0.39, 0.29) is 5.91 Å². The predicted octanol–water partition coefficient (Wildman–Crippen LogP) is 2.41. The molecular formula is C14H20N2OS. The van der Waals surface area contributed by atoms with Crippen LogP contribution in [0.1, 0.15) is 40.9 Å². The number of hydrogen-bond acceptors (Lipinski definition) is 3. The second kappa shape index (κ2) is 5.02. The van der Waals surface area contributed by atoms with Crippen LogP contribution < -0.4 is 5.32 Å². The van der Waals surface area contributed by atoms with Crippen LogP contribution in [0.2, 0.25) is 0 Å². The van der Waals surface area contributed by atoms with E-state index in [0.29, 0.717) is 12.1 Å². The van der Waals surface area contributed by atoms with Crippen LogP contribution in [0.15, 0.2) is 11.4 Å². The summed E-state index contributed by atoms with van der Waals surface area (Å²) < 4.78 is 0. The van der Waals surface area contributed by atoms with Crippen molar-refractivity contribution in [1.82, 2.24) is 10.2 Å². The maximum Gasteiger partial charge on any atom is 0.264 e. The average Bonchev–Trinajstić information content (AvgIpc) is 2.89. The van der Waals surface area contributed by atoms with Crippen LogP contribution in [-0.4, -0.2) is 36.0 Å². The lowest BCUT2D eigenvalue weighted by Gasteiger charge is -2.25.